The van der Waals surface area contributed by atoms with E-state index in [0.29, 0.717) is 17.1 Å². The third-order valence-electron chi connectivity index (χ3n) is 4.09. The molecule has 28 heavy (non-hydrogen) atoms. The van der Waals surface area contributed by atoms with Crippen LogP contribution in [0.25, 0.3) is 0 Å². The lowest BCUT2D eigenvalue weighted by molar-refractivity contribution is -0.122. The Bertz CT molecular complexity index is 932. The van der Waals surface area contributed by atoms with Gasteiger partial charge in [0.05, 0.1) is 26.2 Å². The van der Waals surface area contributed by atoms with Crippen molar-refractivity contribution in [1.82, 2.24) is 5.32 Å². The maximum atomic E-state index is 13.0. The van der Waals surface area contributed by atoms with Crippen LogP contribution >= 0.6 is 0 Å². The summed E-state index contributed by atoms with van der Waals surface area (Å²) in [5.41, 5.74) is 0.962. The largest absolute Gasteiger partial charge is 0.493 e. The monoisotopic (exact) mass is 410 g/mol. The molecule has 0 unspecified atom stereocenters. The van der Waals surface area contributed by atoms with Gasteiger partial charge in [0, 0.05) is 12.6 Å². The van der Waals surface area contributed by atoms with Crippen molar-refractivity contribution in [1.29, 1.82) is 0 Å². The lowest BCUT2D eigenvalue weighted by Gasteiger charge is -2.28. The van der Waals surface area contributed by atoms with Crippen molar-refractivity contribution in [3.05, 3.63) is 53.8 Å². The molecule has 152 valence electrons. The summed E-state index contributed by atoms with van der Waals surface area (Å²) >= 11 is 0. The van der Waals surface area contributed by atoms with E-state index in [1.54, 1.807) is 18.2 Å². The van der Waals surface area contributed by atoms with E-state index in [0.717, 1.165) is 10.6 Å². The number of carbonyl (C=O) groups is 1. The SMILES string of the molecule is COc1ccc(N([C@@H](C)C(=O)NCc2ccc(F)cc2)S(C)(=O)=O)cc1OC. The van der Waals surface area contributed by atoms with Crippen LogP contribution in [-0.4, -0.2) is 40.8 Å². The van der Waals surface area contributed by atoms with Crippen LogP contribution in [-0.2, 0) is 21.4 Å². The summed E-state index contributed by atoms with van der Waals surface area (Å²) in [4.78, 5) is 12.6. The quantitative estimate of drug-likeness (QED) is 0.722. The summed E-state index contributed by atoms with van der Waals surface area (Å²) < 4.78 is 49.1. The fraction of sp³-hybridized carbons (Fsp3) is 0.316. The number of nitrogens with one attached hydrogen (secondary N) is 1. The summed E-state index contributed by atoms with van der Waals surface area (Å²) in [7, 11) is -0.863. The van der Waals surface area contributed by atoms with Gasteiger partial charge in [-0.2, -0.15) is 0 Å². The minimum Gasteiger partial charge on any atom is -0.493 e. The van der Waals surface area contributed by atoms with Crippen molar-refractivity contribution in [2.75, 3.05) is 24.8 Å². The Morgan fingerprint density at radius 1 is 1.11 bits per heavy atom. The van der Waals surface area contributed by atoms with Gasteiger partial charge in [0.15, 0.2) is 11.5 Å². The molecule has 0 aliphatic heterocycles. The standard InChI is InChI=1S/C19H23FN2O5S/c1-13(19(23)21-12-14-5-7-15(20)8-6-14)22(28(4,24)25)16-9-10-17(26-2)18(11-16)27-3/h5-11,13H,12H2,1-4H3,(H,21,23)/t13-/m0/s1. The number of benzene rings is 2. The third-order valence-corrected chi connectivity index (χ3v) is 5.33. The smallest absolute Gasteiger partial charge is 0.243 e. The van der Waals surface area contributed by atoms with Crippen LogP contribution in [0.5, 0.6) is 11.5 Å². The van der Waals surface area contributed by atoms with E-state index in [2.05, 4.69) is 5.32 Å². The Balaban J connectivity index is 2.25. The van der Waals surface area contributed by atoms with Crippen LogP contribution in [0.15, 0.2) is 42.5 Å². The van der Waals surface area contributed by atoms with Gasteiger partial charge in [-0.05, 0) is 36.8 Å². The zero-order chi connectivity index (χ0) is 20.9. The Labute approximate surface area is 164 Å². The van der Waals surface area contributed by atoms with Gasteiger partial charge in [-0.1, -0.05) is 12.1 Å². The highest BCUT2D eigenvalue weighted by molar-refractivity contribution is 7.92. The number of nitrogens with zero attached hydrogens (tertiary/aromatic N) is 1. The Hall–Kier alpha value is -2.81. The van der Waals surface area contributed by atoms with E-state index in [1.165, 1.54) is 45.4 Å². The minimum atomic E-state index is -3.77. The van der Waals surface area contributed by atoms with E-state index < -0.39 is 22.0 Å². The molecule has 1 N–H and O–H groups in total. The molecule has 0 aliphatic carbocycles. The van der Waals surface area contributed by atoms with Crippen molar-refractivity contribution in [3.63, 3.8) is 0 Å². The zero-order valence-corrected chi connectivity index (χ0v) is 16.9. The molecule has 2 aromatic rings. The molecule has 0 saturated heterocycles. The summed E-state index contributed by atoms with van der Waals surface area (Å²) in [5.74, 6) is -0.0923. The first-order chi connectivity index (χ1) is 13.2. The summed E-state index contributed by atoms with van der Waals surface area (Å²) in [6, 6.07) is 9.24. The first-order valence-electron chi connectivity index (χ1n) is 8.41. The number of amides is 1. The molecule has 0 fully saturated rings. The van der Waals surface area contributed by atoms with Gasteiger partial charge >= 0.3 is 0 Å². The van der Waals surface area contributed by atoms with E-state index in [4.69, 9.17) is 9.47 Å². The molecule has 0 bridgehead atoms. The van der Waals surface area contributed by atoms with Crippen molar-refractivity contribution in [3.8, 4) is 11.5 Å². The molecule has 0 heterocycles. The number of ether oxygens (including phenoxy) is 2. The summed E-state index contributed by atoms with van der Waals surface area (Å²) in [6.45, 7) is 1.63. The molecule has 7 nitrogen and oxygen atoms in total. The molecule has 9 heteroatoms. The number of anilines is 1. The third kappa shape index (κ3) is 5.13. The van der Waals surface area contributed by atoms with Crippen LogP contribution in [0.1, 0.15) is 12.5 Å². The highest BCUT2D eigenvalue weighted by Gasteiger charge is 2.29. The number of rotatable bonds is 8. The average molecular weight is 410 g/mol. The molecule has 0 aromatic heterocycles. The van der Waals surface area contributed by atoms with Crippen LogP contribution in [0.2, 0.25) is 0 Å². The lowest BCUT2D eigenvalue weighted by Crippen LogP contribution is -2.47. The number of hydrogen-bond acceptors (Lipinski definition) is 5. The summed E-state index contributed by atoms with van der Waals surface area (Å²) in [6.07, 6.45) is 1.02. The molecule has 0 aliphatic rings. The normalized spacial score (nSPS) is 12.2. The van der Waals surface area contributed by atoms with Crippen LogP contribution in [0, 0.1) is 5.82 Å². The fourth-order valence-corrected chi connectivity index (χ4v) is 3.88. The van der Waals surface area contributed by atoms with Crippen molar-refractivity contribution < 1.29 is 27.1 Å². The van der Waals surface area contributed by atoms with Crippen molar-refractivity contribution in [2.45, 2.75) is 19.5 Å². The second-order valence-corrected chi connectivity index (χ2v) is 7.98. The van der Waals surface area contributed by atoms with E-state index in [9.17, 15) is 17.6 Å². The van der Waals surface area contributed by atoms with Crippen LogP contribution in [0.4, 0.5) is 10.1 Å². The lowest BCUT2D eigenvalue weighted by atomic mass is 10.2. The van der Waals surface area contributed by atoms with Gasteiger partial charge in [0.1, 0.15) is 11.9 Å². The number of methoxy groups -OCH3 is 2. The molecule has 1 atom stereocenters. The molecule has 2 aromatic carbocycles. The molecule has 0 saturated carbocycles. The van der Waals surface area contributed by atoms with E-state index in [1.807, 2.05) is 0 Å². The first-order valence-corrected chi connectivity index (χ1v) is 10.3. The van der Waals surface area contributed by atoms with Gasteiger partial charge < -0.3 is 14.8 Å². The van der Waals surface area contributed by atoms with Gasteiger partial charge in [-0.15, -0.1) is 0 Å². The topological polar surface area (TPSA) is 84.9 Å². The zero-order valence-electron chi connectivity index (χ0n) is 16.1. The van der Waals surface area contributed by atoms with Crippen LogP contribution in [0.3, 0.4) is 0 Å². The fourth-order valence-electron chi connectivity index (χ4n) is 2.71. The highest BCUT2D eigenvalue weighted by atomic mass is 32.2. The molecule has 0 spiro atoms. The molecule has 0 radical (unpaired) electrons. The second-order valence-electron chi connectivity index (χ2n) is 6.12. The van der Waals surface area contributed by atoms with Crippen molar-refractivity contribution >= 4 is 21.6 Å². The van der Waals surface area contributed by atoms with Gasteiger partial charge in [-0.25, -0.2) is 12.8 Å². The predicted molar refractivity (Wildman–Crippen MR) is 105 cm³/mol. The summed E-state index contributed by atoms with van der Waals surface area (Å²) in [5, 5.41) is 2.67. The number of hydrogen-bond donors (Lipinski definition) is 1. The maximum absolute atomic E-state index is 13.0. The minimum absolute atomic E-state index is 0.146. The molecule has 1 amide bonds. The van der Waals surface area contributed by atoms with Gasteiger partial charge in [-0.3, -0.25) is 9.10 Å². The Kier molecular flexibility index (Phi) is 6.85. The van der Waals surface area contributed by atoms with Crippen molar-refractivity contribution in [2.24, 2.45) is 0 Å². The van der Waals surface area contributed by atoms with Crippen LogP contribution < -0.4 is 19.1 Å². The molecular weight excluding hydrogens is 387 g/mol. The molecular formula is C19H23FN2O5S. The number of halogens is 1. The Morgan fingerprint density at radius 3 is 2.25 bits per heavy atom. The first kappa shape index (κ1) is 21.5. The maximum Gasteiger partial charge on any atom is 0.243 e. The van der Waals surface area contributed by atoms with E-state index in [-0.39, 0.29) is 18.0 Å². The predicted octanol–water partition coefficient (Wildman–Crippen LogP) is 2.31. The number of sulfonamides is 1. The van der Waals surface area contributed by atoms with E-state index >= 15 is 0 Å². The highest BCUT2D eigenvalue weighted by Crippen LogP contribution is 2.33. The molecule has 2 rings (SSSR count). The Morgan fingerprint density at radius 2 is 1.71 bits per heavy atom. The number of carbonyl (C=O) groups excluding carboxylic acids is 1. The average Bonchev–Trinajstić information content (AvgIpc) is 2.66. The second kappa shape index (κ2) is 8.92. The van der Waals surface area contributed by atoms with Gasteiger partial charge in [0.25, 0.3) is 0 Å². The van der Waals surface area contributed by atoms with Gasteiger partial charge in [0.2, 0.25) is 15.9 Å².